The molecule has 2 aliphatic carbocycles. The first-order valence-corrected chi connectivity index (χ1v) is 12.2. The number of H-pyrrole nitrogens is 1. The second kappa shape index (κ2) is 14.3. The van der Waals surface area contributed by atoms with Gasteiger partial charge in [-0.3, -0.25) is 4.79 Å². The summed E-state index contributed by atoms with van der Waals surface area (Å²) < 4.78 is 15.4. The molecule has 37 heavy (non-hydrogen) atoms. The van der Waals surface area contributed by atoms with Crippen molar-refractivity contribution in [1.29, 1.82) is 0 Å². The third kappa shape index (κ3) is 7.40. The Labute approximate surface area is 218 Å². The fraction of sp³-hybridized carbons (Fsp3) is 0.571. The standard InChI is InChI=1S/C21H30O4.C5H5NO2.CH3FO.CH4/c1-5-17-12(2)10-14(4)21(24)16(8-9-18(22)25-17)7-6-15-11-13(3)20(23)19(15)21;7-5(8)4-2-1-3-6-4;1-3-2;/h6-7,10,12-13,16-17,20,23-24H,5,8-9,11H2,1-4H3;1-3,6H,(H,7,8);1H3;1H4/b14-10+;;;/t12?,13-,16?,17?,20?,21?;;;/m0.../s1. The fourth-order valence-electron chi connectivity index (χ4n) is 5.21. The number of nitrogens with one attached hydrogen (secondary N) is 1. The predicted octanol–water partition coefficient (Wildman–Crippen LogP) is 5.17. The van der Waals surface area contributed by atoms with E-state index in [-0.39, 0.29) is 49.4 Å². The van der Waals surface area contributed by atoms with Crippen LogP contribution >= 0.6 is 0 Å². The van der Waals surface area contributed by atoms with Gasteiger partial charge in [0.2, 0.25) is 0 Å². The van der Waals surface area contributed by atoms with Gasteiger partial charge in [0.15, 0.2) is 0 Å². The molecule has 5 unspecified atom stereocenters. The number of carbonyl (C=O) groups is 2. The third-order valence-electron chi connectivity index (χ3n) is 7.07. The number of hydrogen-bond acceptors (Lipinski definition) is 6. The molecule has 8 nitrogen and oxygen atoms in total. The molecule has 0 fully saturated rings. The van der Waals surface area contributed by atoms with Crippen LogP contribution in [0.3, 0.4) is 0 Å². The third-order valence-corrected chi connectivity index (χ3v) is 7.07. The first kappa shape index (κ1) is 32.3. The number of rotatable bonds is 2. The summed E-state index contributed by atoms with van der Waals surface area (Å²) in [6.45, 7) is 7.99. The average molecular weight is 524 g/mol. The van der Waals surface area contributed by atoms with Crippen LogP contribution in [0.15, 0.2) is 53.3 Å². The van der Waals surface area contributed by atoms with Crippen LogP contribution in [0.2, 0.25) is 0 Å². The molecule has 0 aromatic carbocycles. The van der Waals surface area contributed by atoms with Gasteiger partial charge in [-0.2, -0.15) is 4.94 Å². The molecule has 0 saturated heterocycles. The normalized spacial score (nSPS) is 32.1. The van der Waals surface area contributed by atoms with Gasteiger partial charge in [-0.15, -0.1) is 0 Å². The molecule has 0 spiro atoms. The molecule has 0 saturated carbocycles. The van der Waals surface area contributed by atoms with Crippen LogP contribution in [0.25, 0.3) is 0 Å². The Morgan fingerprint density at radius 3 is 2.51 bits per heavy atom. The minimum absolute atomic E-state index is 0. The van der Waals surface area contributed by atoms with Crippen molar-refractivity contribution in [2.75, 3.05) is 7.11 Å². The molecular formula is C28H42FNO7. The predicted molar refractivity (Wildman–Crippen MR) is 139 cm³/mol. The van der Waals surface area contributed by atoms with Crippen LogP contribution in [0.1, 0.15) is 71.3 Å². The lowest BCUT2D eigenvalue weighted by Crippen LogP contribution is -2.46. The lowest BCUT2D eigenvalue weighted by Gasteiger charge is -2.42. The maximum absolute atomic E-state index is 12.2. The number of aromatic carboxylic acids is 1. The van der Waals surface area contributed by atoms with E-state index in [1.54, 1.807) is 12.3 Å². The zero-order valence-corrected chi connectivity index (χ0v) is 21.5. The van der Waals surface area contributed by atoms with Crippen molar-refractivity contribution in [1.82, 2.24) is 4.98 Å². The Bertz CT molecular complexity index is 985. The smallest absolute Gasteiger partial charge is 0.352 e. The number of fused-ring (bicyclic) bond motifs is 2. The minimum atomic E-state index is -1.21. The van der Waals surface area contributed by atoms with Crippen LogP contribution in [0, 0.1) is 17.8 Å². The topological polar surface area (TPSA) is 129 Å². The number of carbonyl (C=O) groups excluding carboxylic acids is 1. The summed E-state index contributed by atoms with van der Waals surface area (Å²) in [5, 5.41) is 30.8. The maximum atomic E-state index is 12.2. The first-order valence-electron chi connectivity index (χ1n) is 12.2. The zero-order chi connectivity index (χ0) is 27.0. The molecule has 6 atom stereocenters. The van der Waals surface area contributed by atoms with Gasteiger partial charge in [0.25, 0.3) is 0 Å². The van der Waals surface area contributed by atoms with Crippen molar-refractivity contribution >= 4 is 11.9 Å². The van der Waals surface area contributed by atoms with E-state index in [1.165, 1.54) is 6.07 Å². The van der Waals surface area contributed by atoms with Gasteiger partial charge in [-0.1, -0.05) is 46.4 Å². The summed E-state index contributed by atoms with van der Waals surface area (Å²) in [5.41, 5.74) is 1.66. The highest BCUT2D eigenvalue weighted by Gasteiger charge is 2.50. The van der Waals surface area contributed by atoms with Crippen LogP contribution < -0.4 is 0 Å². The summed E-state index contributed by atoms with van der Waals surface area (Å²) in [6.07, 6.45) is 9.15. The molecule has 0 amide bonds. The average Bonchev–Trinajstić information content (AvgIpc) is 3.46. The number of aliphatic hydroxyl groups excluding tert-OH is 1. The lowest BCUT2D eigenvalue weighted by molar-refractivity contribution is -0.151. The minimum Gasteiger partial charge on any atom is -0.477 e. The van der Waals surface area contributed by atoms with Crippen LogP contribution in [-0.4, -0.2) is 57.2 Å². The number of cyclic esters (lactones) is 1. The van der Waals surface area contributed by atoms with Crippen molar-refractivity contribution in [3.05, 3.63) is 59.0 Å². The quantitative estimate of drug-likeness (QED) is 0.311. The van der Waals surface area contributed by atoms with Gasteiger partial charge in [-0.05, 0) is 65.5 Å². The fourth-order valence-corrected chi connectivity index (χ4v) is 5.21. The molecule has 208 valence electrons. The SMILES string of the molecule is C.CCC1OC(=O)CCC2C=CC3=C(C(O)[C@@H](C)C3)C2(O)/C(C)=C/C1C.COF.O=C(O)c1ccc[nH]1. The Morgan fingerprint density at radius 2 is 2.00 bits per heavy atom. The number of carboxylic acid groups (broad SMARTS) is 1. The highest BCUT2D eigenvalue weighted by Crippen LogP contribution is 2.49. The number of carboxylic acids is 1. The molecule has 9 heteroatoms. The molecule has 1 aromatic rings. The van der Waals surface area contributed by atoms with Gasteiger partial charge < -0.3 is 25.0 Å². The highest BCUT2D eigenvalue weighted by atomic mass is 19.3. The molecular weight excluding hydrogens is 481 g/mol. The molecule has 1 aromatic heterocycles. The van der Waals surface area contributed by atoms with E-state index in [1.807, 2.05) is 45.9 Å². The van der Waals surface area contributed by atoms with E-state index in [0.717, 1.165) is 36.7 Å². The van der Waals surface area contributed by atoms with Crippen LogP contribution in [-0.2, 0) is 14.5 Å². The largest absolute Gasteiger partial charge is 0.477 e. The van der Waals surface area contributed by atoms with Crippen molar-refractivity contribution in [3.63, 3.8) is 0 Å². The van der Waals surface area contributed by atoms with Gasteiger partial charge in [0, 0.05) is 24.5 Å². The summed E-state index contributed by atoms with van der Waals surface area (Å²) >= 11 is 0. The van der Waals surface area contributed by atoms with Crippen LogP contribution in [0.4, 0.5) is 4.53 Å². The number of ether oxygens (including phenoxy) is 1. The molecule has 4 N–H and O–H groups in total. The van der Waals surface area contributed by atoms with Crippen molar-refractivity contribution in [2.45, 2.75) is 78.6 Å². The molecule has 0 bridgehead atoms. The zero-order valence-electron chi connectivity index (χ0n) is 21.5. The molecule has 3 aliphatic rings. The van der Waals surface area contributed by atoms with E-state index in [9.17, 15) is 24.3 Å². The molecule has 4 rings (SSSR count). The van der Waals surface area contributed by atoms with Gasteiger partial charge >= 0.3 is 11.9 Å². The Morgan fingerprint density at radius 1 is 1.35 bits per heavy atom. The van der Waals surface area contributed by atoms with Gasteiger partial charge in [0.1, 0.15) is 17.4 Å². The summed E-state index contributed by atoms with van der Waals surface area (Å²) in [4.78, 5) is 27.5. The number of aliphatic hydroxyl groups is 2. The number of esters is 1. The van der Waals surface area contributed by atoms with E-state index >= 15 is 0 Å². The highest BCUT2D eigenvalue weighted by molar-refractivity contribution is 5.85. The Balaban J connectivity index is 0.000000478. The second-order valence-corrected chi connectivity index (χ2v) is 9.52. The number of allylic oxidation sites excluding steroid dienone is 2. The van der Waals surface area contributed by atoms with Crippen molar-refractivity contribution in [3.8, 4) is 0 Å². The van der Waals surface area contributed by atoms with Crippen molar-refractivity contribution < 1.29 is 39.1 Å². The monoisotopic (exact) mass is 523 g/mol. The van der Waals surface area contributed by atoms with Gasteiger partial charge in [0.05, 0.1) is 13.2 Å². The molecule has 1 aliphatic heterocycles. The first-order chi connectivity index (χ1) is 17.0. The number of aromatic amines is 1. The van der Waals surface area contributed by atoms with E-state index < -0.39 is 17.7 Å². The summed E-state index contributed by atoms with van der Waals surface area (Å²) in [5.74, 6) is -1.23. The van der Waals surface area contributed by atoms with E-state index in [4.69, 9.17) is 9.84 Å². The lowest BCUT2D eigenvalue weighted by atomic mass is 9.68. The Kier molecular flexibility index (Phi) is 12.4. The summed E-state index contributed by atoms with van der Waals surface area (Å²) in [7, 11) is 0.958. The number of hydrogen-bond donors (Lipinski definition) is 4. The molecule has 2 heterocycles. The molecule has 0 radical (unpaired) electrons. The Hall–Kier alpha value is -2.75. The summed E-state index contributed by atoms with van der Waals surface area (Å²) in [6, 6.07) is 3.14. The van der Waals surface area contributed by atoms with Gasteiger partial charge in [-0.25, -0.2) is 4.79 Å². The van der Waals surface area contributed by atoms with Crippen molar-refractivity contribution in [2.24, 2.45) is 17.8 Å². The second-order valence-electron chi connectivity index (χ2n) is 9.52. The number of halogens is 1. The van der Waals surface area contributed by atoms with E-state index in [0.29, 0.717) is 6.42 Å². The number of aromatic nitrogens is 1. The van der Waals surface area contributed by atoms with Crippen LogP contribution in [0.5, 0.6) is 0 Å². The van der Waals surface area contributed by atoms with E-state index in [2.05, 4.69) is 9.93 Å². The maximum Gasteiger partial charge on any atom is 0.352 e.